The van der Waals surface area contributed by atoms with Crippen molar-refractivity contribution < 1.29 is 4.18 Å². The third-order valence-corrected chi connectivity index (χ3v) is 2.31. The number of halogens is 1. The fourth-order valence-electron chi connectivity index (χ4n) is 1.02. The molecular formula is C6H9BrOS. The Morgan fingerprint density at radius 3 is 3.00 bits per heavy atom. The molecule has 0 saturated heterocycles. The van der Waals surface area contributed by atoms with E-state index in [2.05, 4.69) is 21.4 Å². The molecule has 0 aromatic carbocycles. The highest BCUT2D eigenvalue weighted by Crippen LogP contribution is 2.29. The molecule has 0 spiro atoms. The molecule has 0 heterocycles. The van der Waals surface area contributed by atoms with Crippen LogP contribution in [0.4, 0.5) is 0 Å². The Morgan fingerprint density at radius 2 is 2.56 bits per heavy atom. The van der Waals surface area contributed by atoms with Gasteiger partial charge in [-0.3, -0.25) is 0 Å². The van der Waals surface area contributed by atoms with Gasteiger partial charge in [-0.2, -0.15) is 0 Å². The largest absolute Gasteiger partial charge is 0.301 e. The first kappa shape index (κ1) is 7.63. The van der Waals surface area contributed by atoms with Crippen LogP contribution >= 0.6 is 25.3 Å². The summed E-state index contributed by atoms with van der Waals surface area (Å²) in [5.74, 6) is 0. The second kappa shape index (κ2) is 3.64. The van der Waals surface area contributed by atoms with Crippen LogP contribution < -0.4 is 0 Å². The van der Waals surface area contributed by atoms with Crippen molar-refractivity contribution in [1.29, 1.82) is 0 Å². The van der Waals surface area contributed by atoms with Gasteiger partial charge >= 0.3 is 0 Å². The van der Waals surface area contributed by atoms with Crippen molar-refractivity contribution in [3.05, 3.63) is 12.2 Å². The van der Waals surface area contributed by atoms with Gasteiger partial charge in [-0.15, -0.1) is 0 Å². The van der Waals surface area contributed by atoms with Crippen LogP contribution in [0.1, 0.15) is 19.3 Å². The summed E-state index contributed by atoms with van der Waals surface area (Å²) in [7, 11) is 1.27. The van der Waals surface area contributed by atoms with Crippen molar-refractivity contribution >= 4 is 25.3 Å². The Morgan fingerprint density at radius 1 is 1.78 bits per heavy atom. The highest BCUT2D eigenvalue weighted by Gasteiger charge is 2.18. The lowest BCUT2D eigenvalue weighted by molar-refractivity contribution is 0.259. The second-order valence-corrected chi connectivity index (χ2v) is 3.39. The molecule has 1 atom stereocenters. The highest BCUT2D eigenvalue weighted by atomic mass is 79.9. The summed E-state index contributed by atoms with van der Waals surface area (Å²) in [6, 6.07) is 0. The summed E-state index contributed by atoms with van der Waals surface area (Å²) in [5, 5.41) is 0. The molecular weight excluding hydrogens is 200 g/mol. The Hall–Kier alpha value is 0.530. The van der Waals surface area contributed by atoms with Crippen molar-refractivity contribution in [2.75, 3.05) is 0 Å². The maximum atomic E-state index is 5.25. The predicted molar refractivity (Wildman–Crippen MR) is 44.4 cm³/mol. The minimum Gasteiger partial charge on any atom is -0.301 e. The van der Waals surface area contributed by atoms with Crippen LogP contribution in [0.15, 0.2) is 12.2 Å². The van der Waals surface area contributed by atoms with E-state index in [1.807, 2.05) is 0 Å². The second-order valence-electron chi connectivity index (χ2n) is 2.27. The van der Waals surface area contributed by atoms with Gasteiger partial charge in [0.1, 0.15) is 0 Å². The lowest BCUT2D eigenvalue weighted by atomic mass is 10.3. The molecule has 1 aliphatic carbocycles. The van der Waals surface area contributed by atoms with Gasteiger partial charge in [0.15, 0.2) is 0 Å². The lowest BCUT2D eigenvalue weighted by Crippen LogP contribution is -1.99. The van der Waals surface area contributed by atoms with Crippen LogP contribution in [0.25, 0.3) is 0 Å². The van der Waals surface area contributed by atoms with Crippen LogP contribution in [-0.2, 0) is 4.18 Å². The van der Waals surface area contributed by atoms with Crippen LogP contribution in [0.5, 0.6) is 0 Å². The minimum absolute atomic E-state index is 0.405. The van der Waals surface area contributed by atoms with E-state index in [1.165, 1.54) is 16.0 Å². The summed E-state index contributed by atoms with van der Waals surface area (Å²) in [6.45, 7) is 3.88. The minimum atomic E-state index is 0.405. The molecule has 1 saturated carbocycles. The standard InChI is InChI=1S/C6H9BrOS/c1-5-2-3-6(4-5)8-9-7/h6H,1-4H2/t6-/m0/s1. The van der Waals surface area contributed by atoms with Gasteiger partial charge < -0.3 is 4.18 Å². The number of hydrogen-bond donors (Lipinski definition) is 0. The van der Waals surface area contributed by atoms with Crippen molar-refractivity contribution in [3.63, 3.8) is 0 Å². The monoisotopic (exact) mass is 208 g/mol. The molecule has 0 aromatic heterocycles. The zero-order chi connectivity index (χ0) is 6.69. The number of hydrogen-bond acceptors (Lipinski definition) is 2. The average molecular weight is 209 g/mol. The van der Waals surface area contributed by atoms with Crippen molar-refractivity contribution in [2.24, 2.45) is 0 Å². The van der Waals surface area contributed by atoms with E-state index in [0.717, 1.165) is 19.3 Å². The molecule has 52 valence electrons. The first-order chi connectivity index (χ1) is 4.33. The fraction of sp³-hybridized carbons (Fsp3) is 0.667. The molecule has 3 heteroatoms. The van der Waals surface area contributed by atoms with E-state index in [1.54, 1.807) is 0 Å². The summed E-state index contributed by atoms with van der Waals surface area (Å²) >= 11 is 3.14. The molecule has 1 nitrogen and oxygen atoms in total. The van der Waals surface area contributed by atoms with Gasteiger partial charge in [0, 0.05) is 14.8 Å². The number of rotatable bonds is 2. The molecule has 0 bridgehead atoms. The van der Waals surface area contributed by atoms with Crippen molar-refractivity contribution in [1.82, 2.24) is 0 Å². The van der Waals surface area contributed by atoms with E-state index in [-0.39, 0.29) is 0 Å². The van der Waals surface area contributed by atoms with Gasteiger partial charge in [-0.25, -0.2) is 0 Å². The molecule has 0 N–H and O–H groups in total. The maximum absolute atomic E-state index is 5.25. The van der Waals surface area contributed by atoms with Gasteiger partial charge in [-0.05, 0) is 19.3 Å². The van der Waals surface area contributed by atoms with Crippen molar-refractivity contribution in [2.45, 2.75) is 25.4 Å². The van der Waals surface area contributed by atoms with Crippen molar-refractivity contribution in [3.8, 4) is 0 Å². The quantitative estimate of drug-likeness (QED) is 0.510. The molecule has 9 heavy (non-hydrogen) atoms. The Bertz CT molecular complexity index is 116. The van der Waals surface area contributed by atoms with Gasteiger partial charge in [0.25, 0.3) is 0 Å². The molecule has 1 fully saturated rings. The van der Waals surface area contributed by atoms with Gasteiger partial charge in [-0.1, -0.05) is 12.2 Å². The Kier molecular flexibility index (Phi) is 3.09. The smallest absolute Gasteiger partial charge is 0.0772 e. The zero-order valence-corrected chi connectivity index (χ0v) is 7.50. The van der Waals surface area contributed by atoms with E-state index >= 15 is 0 Å². The van der Waals surface area contributed by atoms with E-state index in [4.69, 9.17) is 4.18 Å². The molecule has 1 aliphatic rings. The predicted octanol–water partition coefficient (Wildman–Crippen LogP) is 3.07. The third kappa shape index (κ3) is 2.32. The van der Waals surface area contributed by atoms with Crippen LogP contribution in [0, 0.1) is 0 Å². The third-order valence-electron chi connectivity index (χ3n) is 1.51. The summed E-state index contributed by atoms with van der Waals surface area (Å²) in [5.41, 5.74) is 1.32. The fourth-order valence-corrected chi connectivity index (χ4v) is 1.94. The van der Waals surface area contributed by atoms with Crippen LogP contribution in [0.2, 0.25) is 0 Å². The highest BCUT2D eigenvalue weighted by molar-refractivity contribution is 9.49. The van der Waals surface area contributed by atoms with Gasteiger partial charge in [0.05, 0.1) is 16.6 Å². The van der Waals surface area contributed by atoms with E-state index in [9.17, 15) is 0 Å². The van der Waals surface area contributed by atoms with E-state index in [0.29, 0.717) is 6.10 Å². The molecule has 0 aliphatic heterocycles. The summed E-state index contributed by atoms with van der Waals surface area (Å²) < 4.78 is 5.25. The average Bonchev–Trinajstić information content (AvgIpc) is 2.17. The maximum Gasteiger partial charge on any atom is 0.0772 e. The van der Waals surface area contributed by atoms with Crippen LogP contribution in [-0.4, -0.2) is 6.10 Å². The molecule has 0 radical (unpaired) electrons. The summed E-state index contributed by atoms with van der Waals surface area (Å²) in [4.78, 5) is 0. The van der Waals surface area contributed by atoms with Crippen LogP contribution in [0.3, 0.4) is 0 Å². The SMILES string of the molecule is C=C1CC[C@H](OSBr)C1. The lowest BCUT2D eigenvalue weighted by Gasteiger charge is -2.03. The zero-order valence-electron chi connectivity index (χ0n) is 5.10. The first-order valence-corrected chi connectivity index (χ1v) is 5.52. The normalized spacial score (nSPS) is 27.2. The molecule has 0 amide bonds. The Labute approximate surface area is 67.3 Å². The molecule has 1 rings (SSSR count). The first-order valence-electron chi connectivity index (χ1n) is 2.93. The molecule has 0 aromatic rings. The van der Waals surface area contributed by atoms with E-state index < -0.39 is 0 Å². The Balaban J connectivity index is 2.22. The van der Waals surface area contributed by atoms with Gasteiger partial charge in [0.2, 0.25) is 0 Å². The molecule has 0 unspecified atom stereocenters. The topological polar surface area (TPSA) is 9.23 Å². The summed E-state index contributed by atoms with van der Waals surface area (Å²) in [6.07, 6.45) is 3.72.